The van der Waals surface area contributed by atoms with Crippen LogP contribution in [0.5, 0.6) is 0 Å². The molecule has 0 aromatic heterocycles. The molecule has 2 atom stereocenters. The molecule has 3 saturated carbocycles. The van der Waals surface area contributed by atoms with Crippen molar-refractivity contribution in [3.63, 3.8) is 0 Å². The SMILES string of the molecule is CC1(C)CN(C[C@@H](CC2CCC(O)CC2)NCC2CCCC2)CCC1C1CCC(Cl)CC1. The van der Waals surface area contributed by atoms with Gasteiger partial charge in [-0.3, -0.25) is 0 Å². The monoisotopic (exact) mass is 466 g/mol. The van der Waals surface area contributed by atoms with Crippen LogP contribution in [0.4, 0.5) is 0 Å². The summed E-state index contributed by atoms with van der Waals surface area (Å²) in [5.41, 5.74) is 0.410. The Hall–Kier alpha value is 0.170. The van der Waals surface area contributed by atoms with E-state index in [9.17, 15) is 5.11 Å². The summed E-state index contributed by atoms with van der Waals surface area (Å²) in [6, 6.07) is 0.620. The van der Waals surface area contributed by atoms with Crippen LogP contribution in [-0.2, 0) is 0 Å². The first-order valence-corrected chi connectivity index (χ1v) is 14.6. The van der Waals surface area contributed by atoms with E-state index in [-0.39, 0.29) is 6.10 Å². The molecule has 0 aromatic rings. The lowest BCUT2D eigenvalue weighted by Gasteiger charge is -2.49. The Kier molecular flexibility index (Phi) is 9.27. The summed E-state index contributed by atoms with van der Waals surface area (Å²) in [6.07, 6.45) is 18.0. The number of hydrogen-bond acceptors (Lipinski definition) is 3. The van der Waals surface area contributed by atoms with Crippen molar-refractivity contribution in [3.8, 4) is 0 Å². The van der Waals surface area contributed by atoms with E-state index < -0.39 is 0 Å². The third kappa shape index (κ3) is 7.09. The third-order valence-electron chi connectivity index (χ3n) is 9.74. The van der Waals surface area contributed by atoms with Crippen LogP contribution >= 0.6 is 11.6 Å². The molecule has 0 bridgehead atoms. The zero-order valence-electron chi connectivity index (χ0n) is 21.0. The highest BCUT2D eigenvalue weighted by molar-refractivity contribution is 6.20. The fraction of sp³-hybridized carbons (Fsp3) is 1.00. The molecule has 0 spiro atoms. The van der Waals surface area contributed by atoms with Crippen LogP contribution in [0.25, 0.3) is 0 Å². The Morgan fingerprint density at radius 2 is 1.59 bits per heavy atom. The topological polar surface area (TPSA) is 35.5 Å². The highest BCUT2D eigenvalue weighted by Crippen LogP contribution is 2.45. The number of aliphatic hydroxyl groups is 1. The molecule has 1 saturated heterocycles. The predicted octanol–water partition coefficient (Wildman–Crippen LogP) is 6.22. The van der Waals surface area contributed by atoms with Gasteiger partial charge in [-0.25, -0.2) is 0 Å². The number of hydrogen-bond donors (Lipinski definition) is 2. The van der Waals surface area contributed by atoms with Crippen LogP contribution < -0.4 is 5.32 Å². The number of nitrogens with one attached hydrogen (secondary N) is 1. The Morgan fingerprint density at radius 3 is 2.25 bits per heavy atom. The Labute approximate surface area is 203 Å². The third-order valence-corrected chi connectivity index (χ3v) is 10.2. The molecule has 4 heteroatoms. The number of likely N-dealkylation sites (tertiary alicyclic amines) is 1. The molecular weight excluding hydrogens is 416 g/mol. The van der Waals surface area contributed by atoms with E-state index >= 15 is 0 Å². The smallest absolute Gasteiger partial charge is 0.0540 e. The fourth-order valence-electron chi connectivity index (χ4n) is 7.86. The van der Waals surface area contributed by atoms with Gasteiger partial charge in [-0.2, -0.15) is 0 Å². The van der Waals surface area contributed by atoms with E-state index in [1.54, 1.807) is 0 Å². The maximum atomic E-state index is 9.94. The second-order valence-corrected chi connectivity index (χ2v) is 13.4. The maximum absolute atomic E-state index is 9.94. The van der Waals surface area contributed by atoms with Crippen molar-refractivity contribution >= 4 is 11.6 Å². The molecular formula is C28H51ClN2O. The van der Waals surface area contributed by atoms with E-state index in [0.29, 0.717) is 16.8 Å². The molecule has 186 valence electrons. The lowest BCUT2D eigenvalue weighted by Crippen LogP contribution is -2.52. The lowest BCUT2D eigenvalue weighted by atomic mass is 9.64. The fourth-order valence-corrected chi connectivity index (χ4v) is 8.11. The maximum Gasteiger partial charge on any atom is 0.0540 e. The first-order chi connectivity index (χ1) is 15.4. The second kappa shape index (κ2) is 11.7. The summed E-state index contributed by atoms with van der Waals surface area (Å²) in [7, 11) is 0. The highest BCUT2D eigenvalue weighted by atomic mass is 35.5. The Morgan fingerprint density at radius 1 is 0.906 bits per heavy atom. The van der Waals surface area contributed by atoms with Gasteiger partial charge >= 0.3 is 0 Å². The second-order valence-electron chi connectivity index (χ2n) is 12.8. The van der Waals surface area contributed by atoms with E-state index in [2.05, 4.69) is 24.1 Å². The van der Waals surface area contributed by atoms with Gasteiger partial charge in [0.05, 0.1) is 6.10 Å². The molecule has 32 heavy (non-hydrogen) atoms. The Bertz CT molecular complexity index is 548. The van der Waals surface area contributed by atoms with Crippen molar-refractivity contribution in [2.24, 2.45) is 29.1 Å². The van der Waals surface area contributed by atoms with Gasteiger partial charge in [-0.1, -0.05) is 26.7 Å². The minimum absolute atomic E-state index is 0.0372. The van der Waals surface area contributed by atoms with Crippen molar-refractivity contribution in [1.82, 2.24) is 10.2 Å². The Balaban J connectivity index is 1.31. The number of alkyl halides is 1. The normalized spacial score (nSPS) is 38.1. The van der Waals surface area contributed by atoms with Crippen LogP contribution in [0, 0.1) is 29.1 Å². The molecule has 3 aliphatic carbocycles. The van der Waals surface area contributed by atoms with Gasteiger partial charge in [0.1, 0.15) is 0 Å². The molecule has 4 aliphatic rings. The van der Waals surface area contributed by atoms with Gasteiger partial charge in [0.2, 0.25) is 0 Å². The van der Waals surface area contributed by atoms with Crippen LogP contribution in [-0.4, -0.2) is 53.7 Å². The summed E-state index contributed by atoms with van der Waals surface area (Å²) in [6.45, 7) is 10.1. The molecule has 0 aromatic carbocycles. The first-order valence-electron chi connectivity index (χ1n) is 14.2. The standard InChI is InChI=1S/C28H51ClN2O/c1-28(2)20-31(16-15-27(28)23-9-11-24(29)12-10-23)19-25(30-18-22-5-3-4-6-22)17-21-7-13-26(32)14-8-21/h21-27,30,32H,3-20H2,1-2H3/t21?,23?,24?,25-,26?,27?/m1/s1. The van der Waals surface area contributed by atoms with Gasteiger partial charge in [0.15, 0.2) is 0 Å². The molecule has 1 unspecified atom stereocenters. The van der Waals surface area contributed by atoms with E-state index in [1.165, 1.54) is 103 Å². The molecule has 4 fully saturated rings. The van der Waals surface area contributed by atoms with Crippen LogP contribution in [0.15, 0.2) is 0 Å². The summed E-state index contributed by atoms with van der Waals surface area (Å²) >= 11 is 6.41. The average molecular weight is 467 g/mol. The van der Waals surface area contributed by atoms with Gasteiger partial charge in [0.25, 0.3) is 0 Å². The van der Waals surface area contributed by atoms with E-state index in [1.807, 2.05) is 0 Å². The summed E-state index contributed by atoms with van der Waals surface area (Å²) < 4.78 is 0. The zero-order valence-corrected chi connectivity index (χ0v) is 21.8. The molecule has 4 rings (SSSR count). The van der Waals surface area contributed by atoms with Crippen molar-refractivity contribution in [2.75, 3.05) is 26.2 Å². The zero-order chi connectivity index (χ0) is 22.6. The van der Waals surface area contributed by atoms with Crippen molar-refractivity contribution in [1.29, 1.82) is 0 Å². The quantitative estimate of drug-likeness (QED) is 0.416. The number of halogens is 1. The van der Waals surface area contributed by atoms with Crippen molar-refractivity contribution < 1.29 is 5.11 Å². The molecule has 1 aliphatic heterocycles. The summed E-state index contributed by atoms with van der Waals surface area (Å²) in [4.78, 5) is 2.80. The lowest BCUT2D eigenvalue weighted by molar-refractivity contribution is 0.00494. The largest absolute Gasteiger partial charge is 0.393 e. The first kappa shape index (κ1) is 25.3. The van der Waals surface area contributed by atoms with E-state index in [0.717, 1.165) is 36.5 Å². The van der Waals surface area contributed by atoms with Crippen LogP contribution in [0.3, 0.4) is 0 Å². The van der Waals surface area contributed by atoms with Gasteiger partial charge in [-0.05, 0) is 119 Å². The van der Waals surface area contributed by atoms with Crippen molar-refractivity contribution in [2.45, 2.75) is 121 Å². The van der Waals surface area contributed by atoms with Crippen molar-refractivity contribution in [3.05, 3.63) is 0 Å². The van der Waals surface area contributed by atoms with E-state index in [4.69, 9.17) is 11.6 Å². The number of nitrogens with zero attached hydrogens (tertiary/aromatic N) is 1. The van der Waals surface area contributed by atoms with Crippen LogP contribution in [0.2, 0.25) is 0 Å². The van der Waals surface area contributed by atoms with Gasteiger partial charge in [0, 0.05) is 24.5 Å². The summed E-state index contributed by atoms with van der Waals surface area (Å²) in [5, 5.41) is 14.4. The molecule has 0 radical (unpaired) electrons. The van der Waals surface area contributed by atoms with Gasteiger partial charge in [-0.15, -0.1) is 11.6 Å². The summed E-state index contributed by atoms with van der Waals surface area (Å²) in [5.74, 6) is 3.47. The molecule has 1 heterocycles. The molecule has 3 nitrogen and oxygen atoms in total. The minimum atomic E-state index is -0.0372. The number of aliphatic hydroxyl groups excluding tert-OH is 1. The molecule has 0 amide bonds. The van der Waals surface area contributed by atoms with Gasteiger partial charge < -0.3 is 15.3 Å². The number of rotatable bonds is 8. The number of piperidine rings is 1. The highest BCUT2D eigenvalue weighted by Gasteiger charge is 2.41. The molecule has 2 N–H and O–H groups in total. The van der Waals surface area contributed by atoms with Crippen LogP contribution in [0.1, 0.15) is 104 Å². The average Bonchev–Trinajstić information content (AvgIpc) is 3.28. The minimum Gasteiger partial charge on any atom is -0.393 e. The predicted molar refractivity (Wildman–Crippen MR) is 136 cm³/mol.